The molecule has 0 spiro atoms. The number of fused-ring (bicyclic) bond motifs is 1. The average molecular weight is 337 g/mol. The van der Waals surface area contributed by atoms with Crippen LogP contribution < -0.4 is 5.73 Å². The SMILES string of the molecule is Nc1nc(-c2ccncc2)nc2[nH]cc(I)c12. The van der Waals surface area contributed by atoms with Crippen molar-refractivity contribution in [2.45, 2.75) is 0 Å². The molecule has 0 saturated carbocycles. The number of halogens is 1. The molecule has 0 aliphatic carbocycles. The number of rotatable bonds is 1. The number of nitrogens with zero attached hydrogens (tertiary/aromatic N) is 3. The normalized spacial score (nSPS) is 10.9. The van der Waals surface area contributed by atoms with Crippen LogP contribution in [0.2, 0.25) is 0 Å². The standard InChI is InChI=1S/C11H8IN5/c12-7-5-15-11-8(7)9(13)16-10(17-11)6-1-3-14-4-2-6/h1-5H,(H3,13,15,16,17). The minimum atomic E-state index is 0.493. The summed E-state index contributed by atoms with van der Waals surface area (Å²) in [5.41, 5.74) is 7.61. The van der Waals surface area contributed by atoms with Gasteiger partial charge in [0.15, 0.2) is 5.82 Å². The van der Waals surface area contributed by atoms with Crippen LogP contribution >= 0.6 is 22.6 Å². The van der Waals surface area contributed by atoms with Gasteiger partial charge in [0.2, 0.25) is 0 Å². The van der Waals surface area contributed by atoms with Gasteiger partial charge in [0, 0.05) is 27.7 Å². The third kappa shape index (κ3) is 1.74. The highest BCUT2D eigenvalue weighted by molar-refractivity contribution is 14.1. The van der Waals surface area contributed by atoms with Crippen LogP contribution in [0.25, 0.3) is 22.4 Å². The van der Waals surface area contributed by atoms with E-state index in [1.165, 1.54) is 0 Å². The molecule has 0 atom stereocenters. The first-order chi connectivity index (χ1) is 8.25. The summed E-state index contributed by atoms with van der Waals surface area (Å²) in [6, 6.07) is 3.71. The van der Waals surface area contributed by atoms with Gasteiger partial charge < -0.3 is 10.7 Å². The van der Waals surface area contributed by atoms with Crippen LogP contribution in [0.1, 0.15) is 0 Å². The number of aromatic nitrogens is 4. The molecule has 3 heterocycles. The maximum Gasteiger partial charge on any atom is 0.164 e. The van der Waals surface area contributed by atoms with Crippen molar-refractivity contribution in [3.05, 3.63) is 34.3 Å². The Morgan fingerprint density at radius 2 is 1.94 bits per heavy atom. The van der Waals surface area contributed by atoms with Crippen LogP contribution in [0, 0.1) is 3.57 Å². The lowest BCUT2D eigenvalue weighted by molar-refractivity contribution is 1.20. The van der Waals surface area contributed by atoms with Gasteiger partial charge in [-0.15, -0.1) is 0 Å². The molecule has 17 heavy (non-hydrogen) atoms. The van der Waals surface area contributed by atoms with Crippen LogP contribution in [-0.4, -0.2) is 19.9 Å². The van der Waals surface area contributed by atoms with E-state index in [1.54, 1.807) is 12.4 Å². The van der Waals surface area contributed by atoms with E-state index in [0.717, 1.165) is 20.2 Å². The van der Waals surface area contributed by atoms with Crippen molar-refractivity contribution in [3.8, 4) is 11.4 Å². The van der Waals surface area contributed by atoms with E-state index < -0.39 is 0 Å². The summed E-state index contributed by atoms with van der Waals surface area (Å²) in [6.45, 7) is 0. The van der Waals surface area contributed by atoms with Crippen molar-refractivity contribution in [2.75, 3.05) is 5.73 Å². The molecule has 0 saturated heterocycles. The Hall–Kier alpha value is -1.70. The Morgan fingerprint density at radius 3 is 2.71 bits per heavy atom. The van der Waals surface area contributed by atoms with Crippen molar-refractivity contribution in [3.63, 3.8) is 0 Å². The minimum absolute atomic E-state index is 0.493. The molecule has 0 aliphatic rings. The van der Waals surface area contributed by atoms with Crippen LogP contribution in [0.3, 0.4) is 0 Å². The zero-order valence-corrected chi connectivity index (χ0v) is 10.8. The molecular formula is C11H8IN5. The Morgan fingerprint density at radius 1 is 1.18 bits per heavy atom. The van der Waals surface area contributed by atoms with E-state index in [2.05, 4.69) is 42.5 Å². The van der Waals surface area contributed by atoms with Crippen molar-refractivity contribution < 1.29 is 0 Å². The first-order valence-corrected chi connectivity index (χ1v) is 6.04. The van der Waals surface area contributed by atoms with Gasteiger partial charge in [-0.1, -0.05) is 0 Å². The highest BCUT2D eigenvalue weighted by atomic mass is 127. The predicted octanol–water partition coefficient (Wildman–Crippen LogP) is 2.21. The fourth-order valence-corrected chi connectivity index (χ4v) is 2.34. The summed E-state index contributed by atoms with van der Waals surface area (Å²) in [4.78, 5) is 15.8. The Bertz CT molecular complexity index is 677. The number of nitrogen functional groups attached to an aromatic ring is 1. The molecule has 6 heteroatoms. The monoisotopic (exact) mass is 337 g/mol. The third-order valence-electron chi connectivity index (χ3n) is 2.45. The van der Waals surface area contributed by atoms with Gasteiger partial charge in [-0.2, -0.15) is 0 Å². The number of anilines is 1. The first-order valence-electron chi connectivity index (χ1n) is 4.96. The molecule has 0 bridgehead atoms. The molecule has 84 valence electrons. The summed E-state index contributed by atoms with van der Waals surface area (Å²) in [6.07, 6.45) is 5.28. The van der Waals surface area contributed by atoms with E-state index in [1.807, 2.05) is 18.3 Å². The fraction of sp³-hybridized carbons (Fsp3) is 0. The minimum Gasteiger partial charge on any atom is -0.383 e. The van der Waals surface area contributed by atoms with Gasteiger partial charge in [-0.3, -0.25) is 4.98 Å². The van der Waals surface area contributed by atoms with E-state index in [0.29, 0.717) is 11.6 Å². The third-order valence-corrected chi connectivity index (χ3v) is 3.30. The molecule has 0 fully saturated rings. The van der Waals surface area contributed by atoms with Crippen LogP contribution in [-0.2, 0) is 0 Å². The maximum atomic E-state index is 5.95. The molecule has 5 nitrogen and oxygen atoms in total. The van der Waals surface area contributed by atoms with Gasteiger partial charge in [-0.25, -0.2) is 9.97 Å². The number of hydrogen-bond acceptors (Lipinski definition) is 4. The molecule has 0 amide bonds. The molecule has 3 N–H and O–H groups in total. The maximum absolute atomic E-state index is 5.95. The second kappa shape index (κ2) is 3.95. The van der Waals surface area contributed by atoms with Crippen molar-refractivity contribution in [1.29, 1.82) is 0 Å². The zero-order chi connectivity index (χ0) is 11.8. The van der Waals surface area contributed by atoms with Crippen LogP contribution in [0.5, 0.6) is 0 Å². The Balaban J connectivity index is 2.26. The number of hydrogen-bond donors (Lipinski definition) is 2. The molecule has 3 aromatic heterocycles. The smallest absolute Gasteiger partial charge is 0.164 e. The fourth-order valence-electron chi connectivity index (χ4n) is 1.65. The number of pyridine rings is 1. The summed E-state index contributed by atoms with van der Waals surface area (Å²) >= 11 is 2.20. The quantitative estimate of drug-likeness (QED) is 0.667. The molecule has 0 aliphatic heterocycles. The first kappa shape index (κ1) is 10.5. The van der Waals surface area contributed by atoms with E-state index in [-0.39, 0.29) is 0 Å². The molecular weight excluding hydrogens is 329 g/mol. The average Bonchev–Trinajstić information content (AvgIpc) is 2.73. The molecule has 3 aromatic rings. The van der Waals surface area contributed by atoms with Gasteiger partial charge >= 0.3 is 0 Å². The molecule has 0 radical (unpaired) electrons. The predicted molar refractivity (Wildman–Crippen MR) is 74.2 cm³/mol. The Labute approximate surface area is 111 Å². The number of nitrogens with one attached hydrogen (secondary N) is 1. The van der Waals surface area contributed by atoms with Gasteiger partial charge in [-0.05, 0) is 34.7 Å². The van der Waals surface area contributed by atoms with E-state index in [4.69, 9.17) is 5.73 Å². The second-order valence-electron chi connectivity index (χ2n) is 3.53. The topological polar surface area (TPSA) is 80.5 Å². The Kier molecular flexibility index (Phi) is 2.43. The number of aromatic amines is 1. The number of H-pyrrole nitrogens is 1. The lowest BCUT2D eigenvalue weighted by atomic mass is 10.2. The van der Waals surface area contributed by atoms with Crippen LogP contribution in [0.4, 0.5) is 5.82 Å². The van der Waals surface area contributed by atoms with Crippen molar-refractivity contribution in [1.82, 2.24) is 19.9 Å². The lowest BCUT2D eigenvalue weighted by Gasteiger charge is -2.02. The molecule has 0 unspecified atom stereocenters. The van der Waals surface area contributed by atoms with Crippen molar-refractivity contribution >= 4 is 39.4 Å². The summed E-state index contributed by atoms with van der Waals surface area (Å²) in [5, 5.41) is 0.878. The molecule has 3 rings (SSSR count). The largest absolute Gasteiger partial charge is 0.383 e. The molecule has 0 aromatic carbocycles. The zero-order valence-electron chi connectivity index (χ0n) is 8.68. The summed E-state index contributed by atoms with van der Waals surface area (Å²) in [5.74, 6) is 1.10. The summed E-state index contributed by atoms with van der Waals surface area (Å²) in [7, 11) is 0. The van der Waals surface area contributed by atoms with E-state index in [9.17, 15) is 0 Å². The highest BCUT2D eigenvalue weighted by Crippen LogP contribution is 2.26. The number of nitrogens with two attached hydrogens (primary N) is 1. The lowest BCUT2D eigenvalue weighted by Crippen LogP contribution is -1.97. The summed E-state index contributed by atoms with van der Waals surface area (Å²) < 4.78 is 1.02. The van der Waals surface area contributed by atoms with E-state index >= 15 is 0 Å². The van der Waals surface area contributed by atoms with Crippen LogP contribution in [0.15, 0.2) is 30.7 Å². The van der Waals surface area contributed by atoms with Gasteiger partial charge in [0.1, 0.15) is 11.5 Å². The van der Waals surface area contributed by atoms with Crippen molar-refractivity contribution in [2.24, 2.45) is 0 Å². The second-order valence-corrected chi connectivity index (χ2v) is 4.69. The van der Waals surface area contributed by atoms with Gasteiger partial charge in [0.25, 0.3) is 0 Å². The highest BCUT2D eigenvalue weighted by Gasteiger charge is 2.10. The van der Waals surface area contributed by atoms with Gasteiger partial charge in [0.05, 0.1) is 5.39 Å².